The molecule has 0 aliphatic carbocycles. The molecule has 1 aromatic heterocycles. The van der Waals surface area contributed by atoms with Gasteiger partial charge in [-0.2, -0.15) is 0 Å². The van der Waals surface area contributed by atoms with Gasteiger partial charge in [0.05, 0.1) is 13.0 Å². The SMILES string of the molecule is COc1ccccc1Oc1ccncc1CCl. The molecule has 0 aliphatic rings. The summed E-state index contributed by atoms with van der Waals surface area (Å²) in [5, 5.41) is 0. The molecule has 1 heterocycles. The Bertz CT molecular complexity index is 457. The normalized spacial score (nSPS) is 10.0. The van der Waals surface area contributed by atoms with E-state index in [9.17, 15) is 0 Å². The van der Waals surface area contributed by atoms with Gasteiger partial charge in [0, 0.05) is 18.0 Å². The first-order chi connectivity index (χ1) is 8.35. The zero-order chi connectivity index (χ0) is 12.1. The molecule has 0 radical (unpaired) electrons. The second-order valence-corrected chi connectivity index (χ2v) is 3.64. The number of pyridine rings is 1. The van der Waals surface area contributed by atoms with E-state index < -0.39 is 0 Å². The highest BCUT2D eigenvalue weighted by Gasteiger charge is 2.07. The van der Waals surface area contributed by atoms with Crippen LogP contribution < -0.4 is 9.47 Å². The monoisotopic (exact) mass is 249 g/mol. The first kappa shape index (κ1) is 11.7. The molecule has 0 amide bonds. The zero-order valence-corrected chi connectivity index (χ0v) is 10.1. The van der Waals surface area contributed by atoms with E-state index in [1.165, 1.54) is 0 Å². The first-order valence-electron chi connectivity index (χ1n) is 5.15. The fourth-order valence-electron chi connectivity index (χ4n) is 1.44. The van der Waals surface area contributed by atoms with E-state index in [0.717, 1.165) is 5.56 Å². The Morgan fingerprint density at radius 3 is 2.59 bits per heavy atom. The van der Waals surface area contributed by atoms with E-state index >= 15 is 0 Å². The second kappa shape index (κ2) is 5.55. The summed E-state index contributed by atoms with van der Waals surface area (Å²) in [6.45, 7) is 0. The first-order valence-corrected chi connectivity index (χ1v) is 5.68. The number of rotatable bonds is 4. The largest absolute Gasteiger partial charge is 0.493 e. The standard InChI is InChI=1S/C13H12ClNO2/c1-16-12-4-2-3-5-13(12)17-11-6-7-15-9-10(11)8-14/h2-7,9H,8H2,1H3. The molecule has 0 bridgehead atoms. The number of aromatic nitrogens is 1. The van der Waals surface area contributed by atoms with Crippen LogP contribution in [0.2, 0.25) is 0 Å². The third-order valence-electron chi connectivity index (χ3n) is 2.29. The number of para-hydroxylation sites is 2. The van der Waals surface area contributed by atoms with Crippen LogP contribution in [0.15, 0.2) is 42.7 Å². The summed E-state index contributed by atoms with van der Waals surface area (Å²) in [6, 6.07) is 9.25. The second-order valence-electron chi connectivity index (χ2n) is 3.37. The highest BCUT2D eigenvalue weighted by atomic mass is 35.5. The molecule has 2 rings (SSSR count). The average Bonchev–Trinajstić information content (AvgIpc) is 2.40. The van der Waals surface area contributed by atoms with Crippen LogP contribution in [0.4, 0.5) is 0 Å². The van der Waals surface area contributed by atoms with Gasteiger partial charge in [-0.15, -0.1) is 11.6 Å². The summed E-state index contributed by atoms with van der Waals surface area (Å²) in [5.41, 5.74) is 0.847. The van der Waals surface area contributed by atoms with Crippen molar-refractivity contribution in [3.63, 3.8) is 0 Å². The average molecular weight is 250 g/mol. The minimum Gasteiger partial charge on any atom is -0.493 e. The fourth-order valence-corrected chi connectivity index (χ4v) is 1.64. The molecule has 17 heavy (non-hydrogen) atoms. The molecular weight excluding hydrogens is 238 g/mol. The fraction of sp³-hybridized carbons (Fsp3) is 0.154. The Kier molecular flexibility index (Phi) is 3.83. The van der Waals surface area contributed by atoms with Crippen molar-refractivity contribution in [1.29, 1.82) is 0 Å². The molecule has 0 aliphatic heterocycles. The van der Waals surface area contributed by atoms with Crippen LogP contribution in [0.5, 0.6) is 17.2 Å². The molecule has 0 saturated carbocycles. The number of benzene rings is 1. The van der Waals surface area contributed by atoms with E-state index in [1.54, 1.807) is 25.6 Å². The zero-order valence-electron chi connectivity index (χ0n) is 9.39. The maximum Gasteiger partial charge on any atom is 0.169 e. The lowest BCUT2D eigenvalue weighted by atomic mass is 10.3. The van der Waals surface area contributed by atoms with Gasteiger partial charge in [-0.3, -0.25) is 4.98 Å². The van der Waals surface area contributed by atoms with Gasteiger partial charge < -0.3 is 9.47 Å². The minimum atomic E-state index is 0.359. The van der Waals surface area contributed by atoms with Gasteiger partial charge >= 0.3 is 0 Å². The van der Waals surface area contributed by atoms with Crippen molar-refractivity contribution in [3.05, 3.63) is 48.3 Å². The lowest BCUT2D eigenvalue weighted by molar-refractivity contribution is 0.378. The summed E-state index contributed by atoms with van der Waals surface area (Å²) < 4.78 is 11.0. The number of halogens is 1. The Labute approximate surface area is 105 Å². The molecule has 0 atom stereocenters. The van der Waals surface area contributed by atoms with Crippen LogP contribution in [-0.4, -0.2) is 12.1 Å². The molecule has 0 saturated heterocycles. The Hall–Kier alpha value is -1.74. The Balaban J connectivity index is 2.31. The highest BCUT2D eigenvalue weighted by Crippen LogP contribution is 2.32. The van der Waals surface area contributed by atoms with Gasteiger partial charge in [-0.1, -0.05) is 12.1 Å². The molecule has 4 heteroatoms. The maximum atomic E-state index is 5.82. The van der Waals surface area contributed by atoms with E-state index in [0.29, 0.717) is 23.1 Å². The van der Waals surface area contributed by atoms with Crippen LogP contribution in [0.3, 0.4) is 0 Å². The lowest BCUT2D eigenvalue weighted by Crippen LogP contribution is -1.93. The van der Waals surface area contributed by atoms with Crippen molar-refractivity contribution in [2.45, 2.75) is 5.88 Å². The quantitative estimate of drug-likeness (QED) is 0.776. The predicted molar refractivity (Wildman–Crippen MR) is 66.9 cm³/mol. The van der Waals surface area contributed by atoms with Gasteiger partial charge in [-0.05, 0) is 18.2 Å². The van der Waals surface area contributed by atoms with Crippen LogP contribution in [0, 0.1) is 0 Å². The van der Waals surface area contributed by atoms with Crippen LogP contribution in [0.25, 0.3) is 0 Å². The number of nitrogens with zero attached hydrogens (tertiary/aromatic N) is 1. The van der Waals surface area contributed by atoms with Crippen LogP contribution in [0.1, 0.15) is 5.56 Å². The van der Waals surface area contributed by atoms with Crippen molar-refractivity contribution in [1.82, 2.24) is 4.98 Å². The van der Waals surface area contributed by atoms with E-state index in [2.05, 4.69) is 4.98 Å². The summed E-state index contributed by atoms with van der Waals surface area (Å²) in [7, 11) is 1.61. The summed E-state index contributed by atoms with van der Waals surface area (Å²) >= 11 is 5.82. The van der Waals surface area contributed by atoms with Gasteiger partial charge in [0.25, 0.3) is 0 Å². The van der Waals surface area contributed by atoms with E-state index in [1.807, 2.05) is 24.3 Å². The maximum absolute atomic E-state index is 5.82. The minimum absolute atomic E-state index is 0.359. The number of hydrogen-bond acceptors (Lipinski definition) is 3. The number of methoxy groups -OCH3 is 1. The summed E-state index contributed by atoms with van der Waals surface area (Å²) in [5.74, 6) is 2.40. The van der Waals surface area contributed by atoms with Crippen LogP contribution in [-0.2, 0) is 5.88 Å². The van der Waals surface area contributed by atoms with Gasteiger partial charge in [0.2, 0.25) is 0 Å². The third kappa shape index (κ3) is 2.68. The van der Waals surface area contributed by atoms with Crippen molar-refractivity contribution in [2.75, 3.05) is 7.11 Å². The smallest absolute Gasteiger partial charge is 0.169 e. The lowest BCUT2D eigenvalue weighted by Gasteiger charge is -2.11. The molecule has 0 unspecified atom stereocenters. The molecule has 2 aromatic rings. The number of hydrogen-bond donors (Lipinski definition) is 0. The van der Waals surface area contributed by atoms with Gasteiger partial charge in [0.15, 0.2) is 11.5 Å². The molecule has 0 spiro atoms. The molecule has 0 N–H and O–H groups in total. The van der Waals surface area contributed by atoms with Crippen molar-refractivity contribution < 1.29 is 9.47 Å². The summed E-state index contributed by atoms with van der Waals surface area (Å²) in [4.78, 5) is 4.00. The number of ether oxygens (including phenoxy) is 2. The summed E-state index contributed by atoms with van der Waals surface area (Å²) in [6.07, 6.45) is 3.36. The Morgan fingerprint density at radius 1 is 1.12 bits per heavy atom. The molecule has 1 aromatic carbocycles. The topological polar surface area (TPSA) is 31.4 Å². The van der Waals surface area contributed by atoms with E-state index in [-0.39, 0.29) is 0 Å². The number of alkyl halides is 1. The van der Waals surface area contributed by atoms with Crippen molar-refractivity contribution in [2.24, 2.45) is 0 Å². The van der Waals surface area contributed by atoms with Crippen molar-refractivity contribution >= 4 is 11.6 Å². The molecule has 0 fully saturated rings. The van der Waals surface area contributed by atoms with Gasteiger partial charge in [0.1, 0.15) is 5.75 Å². The Morgan fingerprint density at radius 2 is 1.88 bits per heavy atom. The van der Waals surface area contributed by atoms with Crippen LogP contribution >= 0.6 is 11.6 Å². The van der Waals surface area contributed by atoms with Gasteiger partial charge in [-0.25, -0.2) is 0 Å². The molecular formula is C13H12ClNO2. The van der Waals surface area contributed by atoms with E-state index in [4.69, 9.17) is 21.1 Å². The highest BCUT2D eigenvalue weighted by molar-refractivity contribution is 6.17. The predicted octanol–water partition coefficient (Wildman–Crippen LogP) is 3.62. The van der Waals surface area contributed by atoms with Crippen molar-refractivity contribution in [3.8, 4) is 17.2 Å². The molecule has 88 valence electrons. The third-order valence-corrected chi connectivity index (χ3v) is 2.58. The molecule has 3 nitrogen and oxygen atoms in total.